The van der Waals surface area contributed by atoms with E-state index in [0.29, 0.717) is 17.7 Å². The number of hydrogen-bond acceptors (Lipinski definition) is 4. The van der Waals surface area contributed by atoms with Gasteiger partial charge in [-0.2, -0.15) is 0 Å². The second kappa shape index (κ2) is 3.69. The summed E-state index contributed by atoms with van der Waals surface area (Å²) < 4.78 is 0. The number of carboxylic acid groups (broad SMARTS) is 2. The zero-order valence-electron chi connectivity index (χ0n) is 9.00. The number of rotatable bonds is 2. The number of carboxylic acids is 1. The van der Waals surface area contributed by atoms with Crippen molar-refractivity contribution in [3.8, 4) is 0 Å². The predicted molar refractivity (Wildman–Crippen MR) is 53.2 cm³/mol. The van der Waals surface area contributed by atoms with Crippen molar-refractivity contribution in [3.05, 3.63) is 0 Å². The molecule has 1 aliphatic carbocycles. The van der Waals surface area contributed by atoms with Crippen LogP contribution in [0.2, 0.25) is 0 Å². The Morgan fingerprint density at radius 3 is 2.18 bits per heavy atom. The molecule has 0 bridgehead atoms. The van der Waals surface area contributed by atoms with Gasteiger partial charge in [0.05, 0.1) is 11.5 Å². The molecule has 2 aliphatic rings. The summed E-state index contributed by atoms with van der Waals surface area (Å²) in [7, 11) is 0. The number of hydrogen-bond donors (Lipinski definition) is 3. The minimum absolute atomic E-state index is 0.142. The van der Waals surface area contributed by atoms with Crippen LogP contribution in [0.5, 0.6) is 0 Å². The summed E-state index contributed by atoms with van der Waals surface area (Å²) in [6.07, 6.45) is -0.109. The second-order valence-corrected chi connectivity index (χ2v) is 4.59. The second-order valence-electron chi connectivity index (χ2n) is 4.59. The van der Waals surface area contributed by atoms with Gasteiger partial charge in [-0.1, -0.05) is 0 Å². The maximum atomic E-state index is 11.8. The third kappa shape index (κ3) is 1.66. The van der Waals surface area contributed by atoms with E-state index >= 15 is 0 Å². The fourth-order valence-corrected chi connectivity index (χ4v) is 2.53. The van der Waals surface area contributed by atoms with Gasteiger partial charge in [-0.3, -0.25) is 4.79 Å². The van der Waals surface area contributed by atoms with E-state index in [-0.39, 0.29) is 6.42 Å². The Labute approximate surface area is 96.6 Å². The maximum Gasteiger partial charge on any atom is 0.414 e. The van der Waals surface area contributed by atoms with Crippen LogP contribution >= 0.6 is 0 Å². The van der Waals surface area contributed by atoms with Crippen LogP contribution in [0.3, 0.4) is 0 Å². The number of likely N-dealkylation sites (tertiary alicyclic amines) is 1. The monoisotopic (exact) mass is 243 g/mol. The standard InChI is InChI=1S/C10H13NO6/c12-7-5(10(17)2-1-3-10)4-6(8(13)14)11(7)9(15)16/h5-6,17H,1-4H2,(H,13,14)(H,15,16)/t5?,6-/m0/s1. The third-order valence-corrected chi connectivity index (χ3v) is 3.67. The lowest BCUT2D eigenvalue weighted by Gasteiger charge is -2.40. The van der Waals surface area contributed by atoms with Crippen molar-refractivity contribution >= 4 is 18.0 Å². The fourth-order valence-electron chi connectivity index (χ4n) is 2.53. The zero-order chi connectivity index (χ0) is 12.8. The molecular weight excluding hydrogens is 230 g/mol. The van der Waals surface area contributed by atoms with Gasteiger partial charge < -0.3 is 15.3 Å². The molecule has 1 heterocycles. The summed E-state index contributed by atoms with van der Waals surface area (Å²) >= 11 is 0. The number of carbonyl (C=O) groups excluding carboxylic acids is 1. The quantitative estimate of drug-likeness (QED) is 0.622. The lowest BCUT2D eigenvalue weighted by Crippen LogP contribution is -2.48. The number of nitrogens with zero attached hydrogens (tertiary/aromatic N) is 1. The van der Waals surface area contributed by atoms with E-state index < -0.39 is 35.5 Å². The van der Waals surface area contributed by atoms with Crippen LogP contribution in [0.15, 0.2) is 0 Å². The molecule has 0 spiro atoms. The number of carbonyl (C=O) groups is 3. The Balaban J connectivity index is 2.26. The van der Waals surface area contributed by atoms with Gasteiger partial charge in [-0.15, -0.1) is 0 Å². The summed E-state index contributed by atoms with van der Waals surface area (Å²) in [6, 6.07) is -1.38. The summed E-state index contributed by atoms with van der Waals surface area (Å²) in [5.74, 6) is -3.06. The molecule has 7 heteroatoms. The Morgan fingerprint density at radius 1 is 1.29 bits per heavy atom. The van der Waals surface area contributed by atoms with Crippen LogP contribution in [-0.4, -0.2) is 49.8 Å². The van der Waals surface area contributed by atoms with Gasteiger partial charge in [0, 0.05) is 0 Å². The minimum atomic E-state index is -1.58. The van der Waals surface area contributed by atoms with E-state index in [4.69, 9.17) is 10.2 Å². The topological polar surface area (TPSA) is 115 Å². The number of aliphatic carboxylic acids is 1. The highest BCUT2D eigenvalue weighted by Gasteiger charge is 2.56. The zero-order valence-corrected chi connectivity index (χ0v) is 9.00. The Morgan fingerprint density at radius 2 is 1.88 bits per heavy atom. The molecule has 94 valence electrons. The largest absolute Gasteiger partial charge is 0.480 e. The molecule has 3 N–H and O–H groups in total. The van der Waals surface area contributed by atoms with Gasteiger partial charge in [-0.25, -0.2) is 14.5 Å². The van der Waals surface area contributed by atoms with Crippen molar-refractivity contribution in [3.63, 3.8) is 0 Å². The van der Waals surface area contributed by atoms with E-state index in [1.54, 1.807) is 0 Å². The summed E-state index contributed by atoms with van der Waals surface area (Å²) in [5.41, 5.74) is -1.21. The minimum Gasteiger partial charge on any atom is -0.480 e. The average Bonchev–Trinajstić information content (AvgIpc) is 2.53. The van der Waals surface area contributed by atoms with Crippen molar-refractivity contribution in [1.82, 2.24) is 4.90 Å². The van der Waals surface area contributed by atoms with E-state index in [1.807, 2.05) is 0 Å². The van der Waals surface area contributed by atoms with Gasteiger partial charge in [0.15, 0.2) is 0 Å². The fraction of sp³-hybridized carbons (Fsp3) is 0.700. The van der Waals surface area contributed by atoms with Crippen LogP contribution in [0.4, 0.5) is 4.79 Å². The van der Waals surface area contributed by atoms with Crippen molar-refractivity contribution < 1.29 is 29.7 Å². The number of aliphatic hydroxyl groups is 1. The normalized spacial score (nSPS) is 31.1. The predicted octanol–water partition coefficient (Wildman–Crippen LogP) is -0.119. The van der Waals surface area contributed by atoms with Gasteiger partial charge in [0.2, 0.25) is 5.91 Å². The molecular formula is C10H13NO6. The third-order valence-electron chi connectivity index (χ3n) is 3.67. The van der Waals surface area contributed by atoms with E-state index in [1.165, 1.54) is 0 Å². The van der Waals surface area contributed by atoms with Crippen molar-refractivity contribution in [1.29, 1.82) is 0 Å². The molecule has 1 unspecified atom stereocenters. The summed E-state index contributed by atoms with van der Waals surface area (Å²) in [5, 5.41) is 27.8. The Hall–Kier alpha value is -1.63. The highest BCUT2D eigenvalue weighted by Crippen LogP contribution is 2.44. The first-order valence-electron chi connectivity index (χ1n) is 5.38. The molecule has 0 aromatic carbocycles. The first-order chi connectivity index (χ1) is 7.87. The molecule has 2 amide bonds. The van der Waals surface area contributed by atoms with Crippen molar-refractivity contribution in [2.45, 2.75) is 37.3 Å². The van der Waals surface area contributed by atoms with Crippen LogP contribution in [0.25, 0.3) is 0 Å². The highest BCUT2D eigenvalue weighted by atomic mass is 16.4. The van der Waals surface area contributed by atoms with E-state index in [0.717, 1.165) is 6.42 Å². The van der Waals surface area contributed by atoms with Gasteiger partial charge >= 0.3 is 12.1 Å². The Kier molecular flexibility index (Phi) is 2.57. The summed E-state index contributed by atoms with van der Waals surface area (Å²) in [4.78, 5) is 33.9. The van der Waals surface area contributed by atoms with Crippen LogP contribution in [0, 0.1) is 5.92 Å². The molecule has 0 aromatic heterocycles. The molecule has 2 fully saturated rings. The molecule has 1 saturated carbocycles. The Bertz CT molecular complexity index is 388. The molecule has 1 aliphatic heterocycles. The van der Waals surface area contributed by atoms with E-state index in [2.05, 4.69) is 0 Å². The first-order valence-corrected chi connectivity index (χ1v) is 5.38. The number of amides is 2. The van der Waals surface area contributed by atoms with Gasteiger partial charge in [0.25, 0.3) is 0 Å². The smallest absolute Gasteiger partial charge is 0.414 e. The molecule has 2 rings (SSSR count). The van der Waals surface area contributed by atoms with Crippen molar-refractivity contribution in [2.75, 3.05) is 0 Å². The molecule has 17 heavy (non-hydrogen) atoms. The van der Waals surface area contributed by atoms with E-state index in [9.17, 15) is 19.5 Å². The van der Waals surface area contributed by atoms with Gasteiger partial charge in [0.1, 0.15) is 6.04 Å². The summed E-state index contributed by atoms with van der Waals surface area (Å²) in [6.45, 7) is 0. The maximum absolute atomic E-state index is 11.8. The lowest BCUT2D eigenvalue weighted by atomic mass is 9.70. The highest BCUT2D eigenvalue weighted by molar-refractivity contribution is 6.00. The molecule has 0 aromatic rings. The van der Waals surface area contributed by atoms with Crippen LogP contribution < -0.4 is 0 Å². The number of imide groups is 1. The molecule has 0 radical (unpaired) electrons. The van der Waals surface area contributed by atoms with Crippen LogP contribution in [0.1, 0.15) is 25.7 Å². The first kappa shape index (κ1) is 11.8. The SMILES string of the molecule is O=C(O)[C@@H]1CC(C2(O)CCC2)C(=O)N1C(=O)O. The van der Waals surface area contributed by atoms with Gasteiger partial charge in [-0.05, 0) is 25.7 Å². The van der Waals surface area contributed by atoms with Crippen LogP contribution in [-0.2, 0) is 9.59 Å². The molecule has 2 atom stereocenters. The molecule has 7 nitrogen and oxygen atoms in total. The lowest BCUT2D eigenvalue weighted by molar-refractivity contribution is -0.148. The molecule has 1 saturated heterocycles. The average molecular weight is 243 g/mol. The van der Waals surface area contributed by atoms with Crippen molar-refractivity contribution in [2.24, 2.45) is 5.92 Å².